The van der Waals surface area contributed by atoms with Gasteiger partial charge in [-0.1, -0.05) is 53.2 Å². The Bertz CT molecular complexity index is 990. The van der Waals surface area contributed by atoms with E-state index in [-0.39, 0.29) is 45.8 Å². The average molecular weight is 505 g/mol. The molecule has 5 rings (SSSR count). The summed E-state index contributed by atoms with van der Waals surface area (Å²) in [5.74, 6) is -0.522. The van der Waals surface area contributed by atoms with Crippen LogP contribution in [0.15, 0.2) is 11.6 Å². The maximum Gasteiger partial charge on any atom is 0.309 e. The van der Waals surface area contributed by atoms with Crippen LogP contribution in [0.1, 0.15) is 93.4 Å². The molecule has 204 valence electrons. The Morgan fingerprint density at radius 3 is 2.08 bits per heavy atom. The molecule has 0 spiro atoms. The van der Waals surface area contributed by atoms with Crippen LogP contribution in [0.2, 0.25) is 0 Å². The van der Waals surface area contributed by atoms with E-state index in [1.54, 1.807) is 6.92 Å². The topological polar surface area (TPSA) is 118 Å². The summed E-state index contributed by atoms with van der Waals surface area (Å²) in [5, 5.41) is 54.9. The van der Waals surface area contributed by atoms with E-state index >= 15 is 0 Å². The molecule has 4 fully saturated rings. The minimum absolute atomic E-state index is 0.148. The molecule has 6 nitrogen and oxygen atoms in total. The maximum absolute atomic E-state index is 12.3. The van der Waals surface area contributed by atoms with Gasteiger partial charge in [0.15, 0.2) is 0 Å². The Kier molecular flexibility index (Phi) is 5.61. The van der Waals surface area contributed by atoms with Gasteiger partial charge in [-0.15, -0.1) is 0 Å². The van der Waals surface area contributed by atoms with Crippen LogP contribution >= 0.6 is 0 Å². The van der Waals surface area contributed by atoms with Gasteiger partial charge in [-0.25, -0.2) is 0 Å². The predicted octanol–water partition coefficient (Wildman–Crippen LogP) is 4.15. The SMILES string of the molecule is CC1(C(=O)O)C[C@@H](O)[C@]2(C)[C@H](O)C[C@]3(C)C(=CC[C@@H]4[C@@]5(C)C[C@@H](O)[C@H](O)C(C)(C)C5CC[C@]43C)[C@@H]2C1. The van der Waals surface area contributed by atoms with Crippen molar-refractivity contribution in [3.05, 3.63) is 11.6 Å². The molecule has 0 radical (unpaired) electrons. The number of fused-ring (bicyclic) bond motifs is 7. The van der Waals surface area contributed by atoms with E-state index < -0.39 is 41.2 Å². The highest BCUT2D eigenvalue weighted by Gasteiger charge is 2.71. The minimum atomic E-state index is -1.03. The number of rotatable bonds is 1. The van der Waals surface area contributed by atoms with Gasteiger partial charge in [0.05, 0.1) is 29.8 Å². The van der Waals surface area contributed by atoms with E-state index in [2.05, 4.69) is 40.7 Å². The molecule has 0 bridgehead atoms. The molecule has 2 unspecified atom stereocenters. The fourth-order valence-corrected chi connectivity index (χ4v) is 10.9. The number of aliphatic hydroxyl groups is 4. The number of allylic oxidation sites excluding steroid dienone is 2. The van der Waals surface area contributed by atoms with Crippen molar-refractivity contribution in [2.45, 2.75) is 118 Å². The second-order valence-corrected chi connectivity index (χ2v) is 15.3. The predicted molar refractivity (Wildman–Crippen MR) is 137 cm³/mol. The molecule has 0 heterocycles. The number of carbonyl (C=O) groups is 1. The zero-order chi connectivity index (χ0) is 26.9. The molecule has 12 atom stereocenters. The molecule has 36 heavy (non-hydrogen) atoms. The first-order chi connectivity index (χ1) is 16.4. The molecule has 0 aromatic rings. The first kappa shape index (κ1) is 26.6. The largest absolute Gasteiger partial charge is 0.481 e. The van der Waals surface area contributed by atoms with Crippen molar-refractivity contribution in [1.82, 2.24) is 0 Å². The van der Waals surface area contributed by atoms with Crippen molar-refractivity contribution in [3.8, 4) is 0 Å². The highest BCUT2D eigenvalue weighted by molar-refractivity contribution is 5.74. The monoisotopic (exact) mass is 504 g/mol. The summed E-state index contributed by atoms with van der Waals surface area (Å²) >= 11 is 0. The standard InChI is InChI=1S/C30H48O6/c1-25(2)19-10-11-28(5)20(27(19,4)13-18(31)23(25)34)9-8-16-17-12-26(3,24(35)36)14-21(32)30(17,7)22(33)15-29(16,28)6/h8,17-23,31-34H,9-15H2,1-7H3,(H,35,36)/t17-,18+,19?,20+,21+,22+,23-,26?,27-,28+,29+,30+/m0/s1. The molecule has 0 aliphatic heterocycles. The number of aliphatic carboxylic acids is 1. The van der Waals surface area contributed by atoms with Gasteiger partial charge in [0.2, 0.25) is 0 Å². The third-order valence-electron chi connectivity index (χ3n) is 13.4. The summed E-state index contributed by atoms with van der Waals surface area (Å²) in [7, 11) is 0. The molecule has 0 aromatic carbocycles. The lowest BCUT2D eigenvalue weighted by molar-refractivity contribution is -0.243. The first-order valence-corrected chi connectivity index (χ1v) is 14.1. The number of aliphatic hydroxyl groups excluding tert-OH is 4. The van der Waals surface area contributed by atoms with Gasteiger partial charge < -0.3 is 25.5 Å². The van der Waals surface area contributed by atoms with Crippen LogP contribution in [0.25, 0.3) is 0 Å². The van der Waals surface area contributed by atoms with Crippen LogP contribution in [0.4, 0.5) is 0 Å². The van der Waals surface area contributed by atoms with E-state index in [1.165, 1.54) is 5.57 Å². The van der Waals surface area contributed by atoms with Crippen molar-refractivity contribution < 1.29 is 30.3 Å². The fourth-order valence-electron chi connectivity index (χ4n) is 10.9. The van der Waals surface area contributed by atoms with Crippen LogP contribution in [0.5, 0.6) is 0 Å². The highest BCUT2D eigenvalue weighted by Crippen LogP contribution is 2.75. The van der Waals surface area contributed by atoms with Gasteiger partial charge in [-0.3, -0.25) is 4.79 Å². The molecule has 0 saturated heterocycles. The van der Waals surface area contributed by atoms with Gasteiger partial charge in [0, 0.05) is 5.41 Å². The van der Waals surface area contributed by atoms with Gasteiger partial charge in [-0.05, 0) is 91.3 Å². The van der Waals surface area contributed by atoms with Crippen molar-refractivity contribution in [3.63, 3.8) is 0 Å². The van der Waals surface area contributed by atoms with Crippen molar-refractivity contribution in [2.75, 3.05) is 0 Å². The zero-order valence-electron chi connectivity index (χ0n) is 23.2. The number of hydrogen-bond donors (Lipinski definition) is 5. The van der Waals surface area contributed by atoms with Crippen LogP contribution < -0.4 is 0 Å². The Hall–Kier alpha value is -0.950. The molecular weight excluding hydrogens is 456 g/mol. The lowest BCUT2D eigenvalue weighted by atomic mass is 9.33. The van der Waals surface area contributed by atoms with E-state index in [4.69, 9.17) is 0 Å². The summed E-state index contributed by atoms with van der Waals surface area (Å²) in [5.41, 5.74) is -1.60. The number of carboxylic acid groups (broad SMARTS) is 1. The number of hydrogen-bond acceptors (Lipinski definition) is 5. The van der Waals surface area contributed by atoms with E-state index in [1.807, 2.05) is 6.92 Å². The second-order valence-electron chi connectivity index (χ2n) is 15.3. The van der Waals surface area contributed by atoms with Crippen LogP contribution in [0.3, 0.4) is 0 Å². The smallest absolute Gasteiger partial charge is 0.309 e. The summed E-state index contributed by atoms with van der Waals surface area (Å²) in [4.78, 5) is 12.3. The minimum Gasteiger partial charge on any atom is -0.481 e. The van der Waals surface area contributed by atoms with Crippen molar-refractivity contribution in [2.24, 2.45) is 50.2 Å². The first-order valence-electron chi connectivity index (χ1n) is 14.1. The molecule has 5 aliphatic carbocycles. The quantitative estimate of drug-likeness (QED) is 0.343. The van der Waals surface area contributed by atoms with Crippen LogP contribution in [0, 0.1) is 50.2 Å². The van der Waals surface area contributed by atoms with Crippen LogP contribution in [-0.2, 0) is 4.79 Å². The zero-order valence-corrected chi connectivity index (χ0v) is 23.2. The Labute approximate surface area is 216 Å². The summed E-state index contributed by atoms with van der Waals surface area (Å²) in [6.45, 7) is 14.9. The lowest BCUT2D eigenvalue weighted by Crippen LogP contribution is -2.69. The maximum atomic E-state index is 12.3. The average Bonchev–Trinajstić information content (AvgIpc) is 2.75. The molecule has 4 saturated carbocycles. The Morgan fingerprint density at radius 1 is 0.861 bits per heavy atom. The second kappa shape index (κ2) is 7.58. The third-order valence-corrected chi connectivity index (χ3v) is 13.4. The highest BCUT2D eigenvalue weighted by atomic mass is 16.4. The van der Waals surface area contributed by atoms with E-state index in [0.717, 1.165) is 19.3 Å². The summed E-state index contributed by atoms with van der Waals surface area (Å²) in [6, 6.07) is 0. The molecule has 0 amide bonds. The van der Waals surface area contributed by atoms with Crippen molar-refractivity contribution >= 4 is 5.97 Å². The molecule has 5 aliphatic rings. The van der Waals surface area contributed by atoms with Crippen molar-refractivity contribution in [1.29, 1.82) is 0 Å². The van der Waals surface area contributed by atoms with Gasteiger partial charge in [0.1, 0.15) is 0 Å². The molecular formula is C30H48O6. The van der Waals surface area contributed by atoms with E-state index in [9.17, 15) is 30.3 Å². The Morgan fingerprint density at radius 2 is 1.47 bits per heavy atom. The van der Waals surface area contributed by atoms with Gasteiger partial charge in [0.25, 0.3) is 0 Å². The summed E-state index contributed by atoms with van der Waals surface area (Å²) < 4.78 is 0. The van der Waals surface area contributed by atoms with Crippen LogP contribution in [-0.4, -0.2) is 55.9 Å². The Balaban J connectivity index is 1.63. The number of carboxylic acids is 1. The lowest BCUT2D eigenvalue weighted by Gasteiger charge is -2.72. The van der Waals surface area contributed by atoms with Gasteiger partial charge >= 0.3 is 5.97 Å². The third kappa shape index (κ3) is 2.96. The fraction of sp³-hybridized carbons (Fsp3) is 0.900. The molecule has 5 N–H and O–H groups in total. The van der Waals surface area contributed by atoms with Gasteiger partial charge in [-0.2, -0.15) is 0 Å². The normalized spacial score (nSPS) is 58.0. The molecule has 6 heteroatoms. The molecule has 0 aromatic heterocycles. The summed E-state index contributed by atoms with van der Waals surface area (Å²) in [6.07, 6.45) is 3.70. The van der Waals surface area contributed by atoms with E-state index in [0.29, 0.717) is 19.3 Å².